The number of rotatable bonds is 6. The van der Waals surface area contributed by atoms with Crippen molar-refractivity contribution in [2.75, 3.05) is 26.2 Å². The maximum atomic E-state index is 5.88. The summed E-state index contributed by atoms with van der Waals surface area (Å²) in [6.45, 7) is 10.5. The van der Waals surface area contributed by atoms with Crippen molar-refractivity contribution in [1.82, 2.24) is 4.90 Å². The Balaban J connectivity index is 2.52. The molecule has 0 aromatic heterocycles. The third kappa shape index (κ3) is 3.74. The Morgan fingerprint density at radius 1 is 1.47 bits per heavy atom. The van der Waals surface area contributed by atoms with Gasteiger partial charge in [0.15, 0.2) is 0 Å². The largest absolute Gasteiger partial charge is 0.377 e. The summed E-state index contributed by atoms with van der Waals surface area (Å²) in [4.78, 5) is 2.47. The fraction of sp³-hybridized carbons (Fsp3) is 1.00. The van der Waals surface area contributed by atoms with Crippen LogP contribution in [0.15, 0.2) is 0 Å². The van der Waals surface area contributed by atoms with E-state index in [1.54, 1.807) is 0 Å². The number of nitrogens with zero attached hydrogens (tertiary/aromatic N) is 1. The van der Waals surface area contributed by atoms with Crippen LogP contribution in [0.25, 0.3) is 0 Å². The Bertz CT molecular complexity index is 167. The quantitative estimate of drug-likeness (QED) is 0.727. The van der Waals surface area contributed by atoms with E-state index in [2.05, 4.69) is 25.7 Å². The van der Waals surface area contributed by atoms with Crippen molar-refractivity contribution in [3.05, 3.63) is 0 Å². The molecule has 0 aromatic carbocycles. The van der Waals surface area contributed by atoms with Crippen LogP contribution in [0.5, 0.6) is 0 Å². The summed E-state index contributed by atoms with van der Waals surface area (Å²) >= 11 is 0. The van der Waals surface area contributed by atoms with E-state index in [0.29, 0.717) is 24.6 Å². The zero-order valence-corrected chi connectivity index (χ0v) is 10.4. The highest BCUT2D eigenvalue weighted by molar-refractivity contribution is 4.83. The Morgan fingerprint density at radius 3 is 2.60 bits per heavy atom. The van der Waals surface area contributed by atoms with Crippen molar-refractivity contribution >= 4 is 0 Å². The van der Waals surface area contributed by atoms with Gasteiger partial charge in [-0.25, -0.2) is 0 Å². The van der Waals surface area contributed by atoms with Crippen LogP contribution in [-0.4, -0.2) is 43.3 Å². The van der Waals surface area contributed by atoms with Crippen LogP contribution in [0.3, 0.4) is 0 Å². The summed E-state index contributed by atoms with van der Waals surface area (Å²) in [5.74, 6) is 0.695. The molecule has 1 fully saturated rings. The molecule has 0 bridgehead atoms. The molecule has 3 heteroatoms. The van der Waals surface area contributed by atoms with Crippen LogP contribution in [0.1, 0.15) is 33.6 Å². The lowest BCUT2D eigenvalue weighted by Gasteiger charge is -2.34. The average molecular weight is 214 g/mol. The Morgan fingerprint density at radius 2 is 2.20 bits per heavy atom. The van der Waals surface area contributed by atoms with Crippen LogP contribution < -0.4 is 5.73 Å². The maximum absolute atomic E-state index is 5.88. The van der Waals surface area contributed by atoms with E-state index in [-0.39, 0.29) is 0 Å². The van der Waals surface area contributed by atoms with Gasteiger partial charge < -0.3 is 10.5 Å². The second kappa shape index (κ2) is 6.46. The van der Waals surface area contributed by atoms with Crippen LogP contribution in [-0.2, 0) is 4.74 Å². The van der Waals surface area contributed by atoms with Gasteiger partial charge in [0.1, 0.15) is 0 Å². The van der Waals surface area contributed by atoms with Gasteiger partial charge in [-0.3, -0.25) is 4.90 Å². The van der Waals surface area contributed by atoms with Gasteiger partial charge in [0.25, 0.3) is 0 Å². The number of hydrogen-bond acceptors (Lipinski definition) is 3. The van der Waals surface area contributed by atoms with Crippen molar-refractivity contribution < 1.29 is 4.74 Å². The molecule has 90 valence electrons. The molecule has 0 amide bonds. The SMILES string of the molecule is CCN(CC(C)C)C(CN)C1CCCO1. The second-order valence-electron chi connectivity index (χ2n) is 4.84. The summed E-state index contributed by atoms with van der Waals surface area (Å²) in [7, 11) is 0. The van der Waals surface area contributed by atoms with E-state index in [9.17, 15) is 0 Å². The van der Waals surface area contributed by atoms with Gasteiger partial charge >= 0.3 is 0 Å². The van der Waals surface area contributed by atoms with Gasteiger partial charge in [0.05, 0.1) is 6.10 Å². The summed E-state index contributed by atoms with van der Waals surface area (Å²) < 4.78 is 5.75. The summed E-state index contributed by atoms with van der Waals surface area (Å²) in [5, 5.41) is 0. The molecule has 2 N–H and O–H groups in total. The topological polar surface area (TPSA) is 38.5 Å². The number of likely N-dealkylation sites (N-methyl/N-ethyl adjacent to an activating group) is 1. The molecule has 0 radical (unpaired) electrons. The molecule has 1 aliphatic heterocycles. The third-order valence-electron chi connectivity index (χ3n) is 3.11. The van der Waals surface area contributed by atoms with Crippen molar-refractivity contribution in [3.63, 3.8) is 0 Å². The summed E-state index contributed by atoms with van der Waals surface area (Å²) in [6.07, 6.45) is 2.74. The molecule has 1 aliphatic rings. The van der Waals surface area contributed by atoms with Gasteiger partial charge in [-0.2, -0.15) is 0 Å². The minimum absolute atomic E-state index is 0.369. The summed E-state index contributed by atoms with van der Waals surface area (Å²) in [6, 6.07) is 0.417. The highest BCUT2D eigenvalue weighted by Gasteiger charge is 2.29. The lowest BCUT2D eigenvalue weighted by molar-refractivity contribution is 0.0248. The summed E-state index contributed by atoms with van der Waals surface area (Å²) in [5.41, 5.74) is 5.88. The Kier molecular flexibility index (Phi) is 5.58. The lowest BCUT2D eigenvalue weighted by Crippen LogP contribution is -2.49. The molecule has 1 saturated heterocycles. The number of ether oxygens (including phenoxy) is 1. The number of nitrogens with two attached hydrogens (primary N) is 1. The smallest absolute Gasteiger partial charge is 0.0743 e. The normalized spacial score (nSPS) is 24.0. The molecule has 1 rings (SSSR count). The van der Waals surface area contributed by atoms with E-state index in [1.807, 2.05) is 0 Å². The molecule has 3 nitrogen and oxygen atoms in total. The van der Waals surface area contributed by atoms with E-state index < -0.39 is 0 Å². The Hall–Kier alpha value is -0.120. The van der Waals surface area contributed by atoms with Crippen molar-refractivity contribution in [1.29, 1.82) is 0 Å². The van der Waals surface area contributed by atoms with E-state index in [1.165, 1.54) is 12.8 Å². The fourth-order valence-electron chi connectivity index (χ4n) is 2.41. The molecule has 2 atom stereocenters. The predicted octanol–water partition coefficient (Wildman–Crippen LogP) is 1.47. The Labute approximate surface area is 94.0 Å². The van der Waals surface area contributed by atoms with Crippen LogP contribution in [0, 0.1) is 5.92 Å². The highest BCUT2D eigenvalue weighted by atomic mass is 16.5. The standard InChI is InChI=1S/C12H26N2O/c1-4-14(9-10(2)3)11(8-13)12-6-5-7-15-12/h10-12H,4-9,13H2,1-3H3. The molecule has 15 heavy (non-hydrogen) atoms. The highest BCUT2D eigenvalue weighted by Crippen LogP contribution is 2.19. The van der Waals surface area contributed by atoms with Gasteiger partial charge in [-0.1, -0.05) is 20.8 Å². The zero-order chi connectivity index (χ0) is 11.3. The van der Waals surface area contributed by atoms with Gasteiger partial charge in [-0.05, 0) is 25.3 Å². The number of hydrogen-bond donors (Lipinski definition) is 1. The zero-order valence-electron chi connectivity index (χ0n) is 10.4. The first kappa shape index (κ1) is 12.9. The molecule has 0 aliphatic carbocycles. The molecule has 0 aromatic rings. The van der Waals surface area contributed by atoms with Crippen molar-refractivity contribution in [2.45, 2.75) is 45.8 Å². The van der Waals surface area contributed by atoms with E-state index in [4.69, 9.17) is 10.5 Å². The maximum Gasteiger partial charge on any atom is 0.0743 e. The predicted molar refractivity (Wildman–Crippen MR) is 63.9 cm³/mol. The third-order valence-corrected chi connectivity index (χ3v) is 3.11. The first-order valence-electron chi connectivity index (χ1n) is 6.24. The molecule has 1 heterocycles. The molecular formula is C12H26N2O. The molecular weight excluding hydrogens is 188 g/mol. The van der Waals surface area contributed by atoms with Gasteiger partial charge in [-0.15, -0.1) is 0 Å². The van der Waals surface area contributed by atoms with Crippen molar-refractivity contribution in [3.8, 4) is 0 Å². The molecule has 2 unspecified atom stereocenters. The minimum Gasteiger partial charge on any atom is -0.377 e. The lowest BCUT2D eigenvalue weighted by atomic mass is 10.0. The second-order valence-corrected chi connectivity index (χ2v) is 4.84. The molecule has 0 spiro atoms. The van der Waals surface area contributed by atoms with Crippen LogP contribution >= 0.6 is 0 Å². The van der Waals surface area contributed by atoms with Gasteiger partial charge in [0.2, 0.25) is 0 Å². The van der Waals surface area contributed by atoms with E-state index >= 15 is 0 Å². The molecule has 0 saturated carbocycles. The van der Waals surface area contributed by atoms with E-state index in [0.717, 1.165) is 19.7 Å². The van der Waals surface area contributed by atoms with Crippen LogP contribution in [0.4, 0.5) is 0 Å². The van der Waals surface area contributed by atoms with Crippen molar-refractivity contribution in [2.24, 2.45) is 11.7 Å². The van der Waals surface area contributed by atoms with Gasteiger partial charge in [0, 0.05) is 25.7 Å². The first-order chi connectivity index (χ1) is 7.19. The fourth-order valence-corrected chi connectivity index (χ4v) is 2.41. The monoisotopic (exact) mass is 214 g/mol. The first-order valence-corrected chi connectivity index (χ1v) is 6.24. The van der Waals surface area contributed by atoms with Crippen LogP contribution in [0.2, 0.25) is 0 Å². The minimum atomic E-state index is 0.369. The average Bonchev–Trinajstić information content (AvgIpc) is 2.70.